The van der Waals surface area contributed by atoms with E-state index in [0.29, 0.717) is 6.61 Å². The minimum atomic E-state index is 0.143. The fourth-order valence-corrected chi connectivity index (χ4v) is 1.39. The summed E-state index contributed by atoms with van der Waals surface area (Å²) in [4.78, 5) is 0. The number of rotatable bonds is 7. The van der Waals surface area contributed by atoms with Crippen LogP contribution < -0.4 is 10.1 Å². The zero-order chi connectivity index (χ0) is 12.0. The van der Waals surface area contributed by atoms with Gasteiger partial charge in [0.25, 0.3) is 0 Å². The van der Waals surface area contributed by atoms with Crippen LogP contribution in [0.25, 0.3) is 0 Å². The van der Waals surface area contributed by atoms with Gasteiger partial charge in [-0.15, -0.1) is 0 Å². The van der Waals surface area contributed by atoms with Gasteiger partial charge in [-0.05, 0) is 13.5 Å². The highest BCUT2D eigenvalue weighted by molar-refractivity contribution is 5.11. The maximum absolute atomic E-state index is 5.73. The number of hydrogen-bond donors (Lipinski definition) is 1. The van der Waals surface area contributed by atoms with Gasteiger partial charge >= 0.3 is 0 Å². The first-order chi connectivity index (χ1) is 7.57. The molecule has 0 radical (unpaired) electrons. The van der Waals surface area contributed by atoms with Crippen molar-refractivity contribution >= 4 is 0 Å². The standard InChI is InChI=1S/C12H23N3O/c1-5-13-9-12(3,4)10-16-11-7-14-15(6-2)8-11/h7-8,13H,5-6,9-10H2,1-4H3. The average molecular weight is 225 g/mol. The van der Waals surface area contributed by atoms with Gasteiger partial charge in [0.15, 0.2) is 5.75 Å². The summed E-state index contributed by atoms with van der Waals surface area (Å²) >= 11 is 0. The van der Waals surface area contributed by atoms with Crippen molar-refractivity contribution in [2.75, 3.05) is 19.7 Å². The topological polar surface area (TPSA) is 39.1 Å². The lowest BCUT2D eigenvalue weighted by molar-refractivity contribution is 0.177. The van der Waals surface area contributed by atoms with Crippen molar-refractivity contribution in [1.82, 2.24) is 15.1 Å². The van der Waals surface area contributed by atoms with Crippen molar-refractivity contribution in [2.45, 2.75) is 34.2 Å². The third-order valence-electron chi connectivity index (χ3n) is 2.42. The molecule has 1 heterocycles. The summed E-state index contributed by atoms with van der Waals surface area (Å²) < 4.78 is 7.59. The number of nitrogens with one attached hydrogen (secondary N) is 1. The minimum absolute atomic E-state index is 0.143. The summed E-state index contributed by atoms with van der Waals surface area (Å²) in [5.41, 5.74) is 0.143. The Kier molecular flexibility index (Phi) is 4.80. The Bertz CT molecular complexity index is 307. The van der Waals surface area contributed by atoms with Crippen LogP contribution in [0.2, 0.25) is 0 Å². The molecule has 1 N–H and O–H groups in total. The molecule has 0 amide bonds. The van der Waals surface area contributed by atoms with Gasteiger partial charge in [-0.2, -0.15) is 5.10 Å². The number of ether oxygens (including phenoxy) is 1. The molecule has 1 aromatic heterocycles. The molecule has 0 aliphatic carbocycles. The highest BCUT2D eigenvalue weighted by Crippen LogP contribution is 2.17. The SMILES string of the molecule is CCNCC(C)(C)COc1cnn(CC)c1. The van der Waals surface area contributed by atoms with E-state index in [0.717, 1.165) is 25.4 Å². The Morgan fingerprint density at radius 3 is 2.75 bits per heavy atom. The first-order valence-corrected chi connectivity index (χ1v) is 5.93. The van der Waals surface area contributed by atoms with Gasteiger partial charge in [-0.25, -0.2) is 0 Å². The molecule has 1 aromatic rings. The minimum Gasteiger partial charge on any atom is -0.490 e. The largest absolute Gasteiger partial charge is 0.490 e. The van der Waals surface area contributed by atoms with Gasteiger partial charge in [0.05, 0.1) is 19.0 Å². The van der Waals surface area contributed by atoms with E-state index in [1.54, 1.807) is 6.20 Å². The molecular weight excluding hydrogens is 202 g/mol. The monoisotopic (exact) mass is 225 g/mol. The quantitative estimate of drug-likeness (QED) is 0.770. The molecule has 0 fully saturated rings. The van der Waals surface area contributed by atoms with Gasteiger partial charge in [-0.3, -0.25) is 4.68 Å². The highest BCUT2D eigenvalue weighted by Gasteiger charge is 2.18. The Morgan fingerprint density at radius 1 is 1.44 bits per heavy atom. The first kappa shape index (κ1) is 13.0. The maximum Gasteiger partial charge on any atom is 0.157 e. The maximum atomic E-state index is 5.73. The molecule has 92 valence electrons. The number of nitrogens with zero attached hydrogens (tertiary/aromatic N) is 2. The Balaban J connectivity index is 2.37. The molecule has 0 saturated carbocycles. The van der Waals surface area contributed by atoms with E-state index in [2.05, 4.69) is 38.1 Å². The molecule has 0 saturated heterocycles. The molecule has 0 aliphatic heterocycles. The second kappa shape index (κ2) is 5.89. The predicted molar refractivity (Wildman–Crippen MR) is 65.7 cm³/mol. The number of aromatic nitrogens is 2. The lowest BCUT2D eigenvalue weighted by Gasteiger charge is -2.24. The van der Waals surface area contributed by atoms with E-state index in [4.69, 9.17) is 4.74 Å². The van der Waals surface area contributed by atoms with Gasteiger partial charge < -0.3 is 10.1 Å². The molecule has 0 aromatic carbocycles. The van der Waals surface area contributed by atoms with Gasteiger partial charge in [0.2, 0.25) is 0 Å². The molecule has 0 unspecified atom stereocenters. The van der Waals surface area contributed by atoms with E-state index < -0.39 is 0 Å². The second-order valence-electron chi connectivity index (χ2n) is 4.76. The van der Waals surface area contributed by atoms with E-state index in [1.165, 1.54) is 0 Å². The summed E-state index contributed by atoms with van der Waals surface area (Å²) in [6, 6.07) is 0. The fourth-order valence-electron chi connectivity index (χ4n) is 1.39. The predicted octanol–water partition coefficient (Wildman–Crippen LogP) is 1.92. The Hall–Kier alpha value is -1.03. The summed E-state index contributed by atoms with van der Waals surface area (Å²) in [7, 11) is 0. The van der Waals surface area contributed by atoms with Crippen molar-refractivity contribution < 1.29 is 4.74 Å². The normalized spacial score (nSPS) is 11.8. The number of hydrogen-bond acceptors (Lipinski definition) is 3. The van der Waals surface area contributed by atoms with Crippen molar-refractivity contribution in [3.05, 3.63) is 12.4 Å². The van der Waals surface area contributed by atoms with Crippen LogP contribution >= 0.6 is 0 Å². The zero-order valence-corrected chi connectivity index (χ0v) is 10.8. The van der Waals surface area contributed by atoms with Crippen LogP contribution in [0.15, 0.2) is 12.4 Å². The van der Waals surface area contributed by atoms with Crippen molar-refractivity contribution in [3.63, 3.8) is 0 Å². The van der Waals surface area contributed by atoms with Gasteiger partial charge in [0.1, 0.15) is 0 Å². The molecule has 0 bridgehead atoms. The van der Waals surface area contributed by atoms with Crippen LogP contribution in [-0.4, -0.2) is 29.5 Å². The lowest BCUT2D eigenvalue weighted by atomic mass is 9.95. The molecule has 1 rings (SSSR count). The first-order valence-electron chi connectivity index (χ1n) is 5.93. The molecular formula is C12H23N3O. The molecule has 4 heteroatoms. The summed E-state index contributed by atoms with van der Waals surface area (Å²) in [6.07, 6.45) is 3.70. The van der Waals surface area contributed by atoms with Crippen LogP contribution in [-0.2, 0) is 6.54 Å². The van der Waals surface area contributed by atoms with E-state index >= 15 is 0 Å². The van der Waals surface area contributed by atoms with Gasteiger partial charge in [-0.1, -0.05) is 20.8 Å². The van der Waals surface area contributed by atoms with Crippen molar-refractivity contribution in [1.29, 1.82) is 0 Å². The van der Waals surface area contributed by atoms with Crippen LogP contribution in [0.4, 0.5) is 0 Å². The molecule has 16 heavy (non-hydrogen) atoms. The van der Waals surface area contributed by atoms with Crippen LogP contribution in [0, 0.1) is 5.41 Å². The van der Waals surface area contributed by atoms with Crippen LogP contribution in [0.5, 0.6) is 5.75 Å². The third kappa shape index (κ3) is 4.23. The van der Waals surface area contributed by atoms with Crippen molar-refractivity contribution in [2.24, 2.45) is 5.41 Å². The highest BCUT2D eigenvalue weighted by atomic mass is 16.5. The zero-order valence-electron chi connectivity index (χ0n) is 10.8. The summed E-state index contributed by atoms with van der Waals surface area (Å²) in [6.45, 7) is 12.1. The van der Waals surface area contributed by atoms with Gasteiger partial charge in [0, 0.05) is 18.5 Å². The summed E-state index contributed by atoms with van der Waals surface area (Å²) in [5, 5.41) is 7.51. The summed E-state index contributed by atoms with van der Waals surface area (Å²) in [5.74, 6) is 0.853. The molecule has 4 nitrogen and oxygen atoms in total. The smallest absolute Gasteiger partial charge is 0.157 e. The third-order valence-corrected chi connectivity index (χ3v) is 2.42. The van der Waals surface area contributed by atoms with E-state index in [1.807, 2.05) is 10.9 Å². The number of aryl methyl sites for hydroxylation is 1. The van der Waals surface area contributed by atoms with E-state index in [9.17, 15) is 0 Å². The molecule has 0 spiro atoms. The lowest BCUT2D eigenvalue weighted by Crippen LogP contribution is -2.34. The average Bonchev–Trinajstić information content (AvgIpc) is 2.72. The van der Waals surface area contributed by atoms with Crippen LogP contribution in [0.3, 0.4) is 0 Å². The Labute approximate surface area is 98.0 Å². The fraction of sp³-hybridized carbons (Fsp3) is 0.750. The molecule has 0 atom stereocenters. The van der Waals surface area contributed by atoms with Crippen LogP contribution in [0.1, 0.15) is 27.7 Å². The molecule has 0 aliphatic rings. The second-order valence-corrected chi connectivity index (χ2v) is 4.76. The van der Waals surface area contributed by atoms with Crippen molar-refractivity contribution in [3.8, 4) is 5.75 Å². The van der Waals surface area contributed by atoms with E-state index in [-0.39, 0.29) is 5.41 Å². The Morgan fingerprint density at radius 2 is 2.19 bits per heavy atom.